The van der Waals surface area contributed by atoms with Crippen LogP contribution in [0.2, 0.25) is 0 Å². The van der Waals surface area contributed by atoms with Crippen LogP contribution >= 0.6 is 0 Å². The Hall–Kier alpha value is -2.94. The zero-order valence-corrected chi connectivity index (χ0v) is 17.7. The lowest BCUT2D eigenvalue weighted by atomic mass is 9.82. The summed E-state index contributed by atoms with van der Waals surface area (Å²) in [5.41, 5.74) is 6.36. The normalized spacial score (nSPS) is 13.6. The molecule has 0 aromatic heterocycles. The highest BCUT2D eigenvalue weighted by Crippen LogP contribution is 2.35. The van der Waals surface area contributed by atoms with Crippen LogP contribution in [0.25, 0.3) is 0 Å². The first-order valence-corrected chi connectivity index (χ1v) is 9.71. The topological polar surface area (TPSA) is 142 Å². The zero-order valence-electron chi connectivity index (χ0n) is 17.7. The van der Waals surface area contributed by atoms with Gasteiger partial charge in [0.2, 0.25) is 0 Å². The van der Waals surface area contributed by atoms with E-state index in [0.29, 0.717) is 12.0 Å². The number of carbonyl (C=O) groups excluding carboxylic acids is 3. The molecule has 166 valence electrons. The second-order valence-electron chi connectivity index (χ2n) is 7.05. The van der Waals surface area contributed by atoms with Gasteiger partial charge in [-0.2, -0.15) is 0 Å². The third-order valence-corrected chi connectivity index (χ3v) is 4.39. The van der Waals surface area contributed by atoms with Crippen LogP contribution in [0.1, 0.15) is 58.4 Å². The monoisotopic (exact) mass is 423 g/mol. The molecule has 0 heterocycles. The first-order valence-electron chi connectivity index (χ1n) is 9.71. The van der Waals surface area contributed by atoms with E-state index in [1.165, 1.54) is 32.0 Å². The lowest BCUT2D eigenvalue weighted by molar-refractivity contribution is -0.145. The van der Waals surface area contributed by atoms with Gasteiger partial charge < -0.3 is 25.1 Å². The van der Waals surface area contributed by atoms with E-state index < -0.39 is 35.8 Å². The van der Waals surface area contributed by atoms with Crippen molar-refractivity contribution in [2.75, 3.05) is 6.61 Å². The fourth-order valence-corrected chi connectivity index (χ4v) is 2.97. The molecule has 0 radical (unpaired) electrons. The number of nitrogens with two attached hydrogens (primary N) is 1. The number of carbonyl (C=O) groups is 4. The van der Waals surface area contributed by atoms with Gasteiger partial charge in [0.25, 0.3) is 0 Å². The molecule has 0 bridgehead atoms. The number of benzene rings is 1. The van der Waals surface area contributed by atoms with Crippen molar-refractivity contribution in [1.29, 1.82) is 0 Å². The average Bonchev–Trinajstić information content (AvgIpc) is 2.65. The largest absolute Gasteiger partial charge is 0.480 e. The minimum Gasteiger partial charge on any atom is -0.480 e. The predicted octanol–water partition coefficient (Wildman–Crippen LogP) is 2.40. The maximum Gasteiger partial charge on any atom is 0.321 e. The van der Waals surface area contributed by atoms with E-state index in [0.717, 1.165) is 6.42 Å². The smallest absolute Gasteiger partial charge is 0.321 e. The molecule has 30 heavy (non-hydrogen) atoms. The van der Waals surface area contributed by atoms with E-state index in [1.807, 2.05) is 6.92 Å². The van der Waals surface area contributed by atoms with Gasteiger partial charge in [0, 0.05) is 26.2 Å². The zero-order chi connectivity index (χ0) is 22.8. The summed E-state index contributed by atoms with van der Waals surface area (Å²) in [5, 5.41) is 9.46. The molecule has 3 atom stereocenters. The molecule has 9 nitrogen and oxygen atoms in total. The van der Waals surface area contributed by atoms with Crippen molar-refractivity contribution >= 4 is 23.9 Å². The third kappa shape index (κ3) is 7.82. The first kappa shape index (κ1) is 25.1. The Bertz CT molecular complexity index is 776. The standard InChI is InChI=1S/C21H29NO8/c1-5-6-7-18(25)28-11-12(2)19(20(22)21(26)27)15-8-9-16(29-13(3)23)17(10-15)30-14(4)24/h8-10,12,19-20H,5-7,11,22H2,1-4H3,(H,26,27)/t12?,19?,20-/m0/s1. The maximum atomic E-state index is 11.8. The van der Waals surface area contributed by atoms with Gasteiger partial charge in [0.05, 0.1) is 6.61 Å². The Morgan fingerprint density at radius 1 is 1.07 bits per heavy atom. The lowest BCUT2D eigenvalue weighted by Gasteiger charge is -2.28. The molecule has 2 unspecified atom stereocenters. The van der Waals surface area contributed by atoms with Gasteiger partial charge in [0.1, 0.15) is 6.04 Å². The number of unbranched alkanes of at least 4 members (excludes halogenated alkanes) is 1. The molecule has 3 N–H and O–H groups in total. The Labute approximate surface area is 175 Å². The molecule has 1 aromatic carbocycles. The molecule has 0 saturated heterocycles. The summed E-state index contributed by atoms with van der Waals surface area (Å²) in [6.07, 6.45) is 1.84. The fourth-order valence-electron chi connectivity index (χ4n) is 2.97. The highest BCUT2D eigenvalue weighted by Gasteiger charge is 2.32. The molecule has 1 rings (SSSR count). The molecule has 0 saturated carbocycles. The number of esters is 3. The van der Waals surface area contributed by atoms with E-state index in [9.17, 15) is 24.3 Å². The number of ether oxygens (including phenoxy) is 3. The highest BCUT2D eigenvalue weighted by molar-refractivity contribution is 5.76. The lowest BCUT2D eigenvalue weighted by Crippen LogP contribution is -2.40. The van der Waals surface area contributed by atoms with Gasteiger partial charge in [-0.25, -0.2) is 0 Å². The quantitative estimate of drug-likeness (QED) is 0.405. The Morgan fingerprint density at radius 3 is 2.20 bits per heavy atom. The summed E-state index contributed by atoms with van der Waals surface area (Å²) < 4.78 is 15.4. The van der Waals surface area contributed by atoms with Crippen molar-refractivity contribution in [1.82, 2.24) is 0 Å². The van der Waals surface area contributed by atoms with Gasteiger partial charge in [0.15, 0.2) is 11.5 Å². The van der Waals surface area contributed by atoms with Crippen LogP contribution in [0, 0.1) is 5.92 Å². The molecule has 0 amide bonds. The van der Waals surface area contributed by atoms with Gasteiger partial charge in [-0.3, -0.25) is 19.2 Å². The van der Waals surface area contributed by atoms with E-state index in [-0.39, 0.29) is 30.5 Å². The molecule has 0 fully saturated rings. The van der Waals surface area contributed by atoms with Crippen molar-refractivity contribution in [2.45, 2.75) is 58.9 Å². The van der Waals surface area contributed by atoms with Crippen molar-refractivity contribution in [3.05, 3.63) is 23.8 Å². The van der Waals surface area contributed by atoms with Crippen molar-refractivity contribution in [3.63, 3.8) is 0 Å². The minimum absolute atomic E-state index is 0.0164. The minimum atomic E-state index is -1.31. The van der Waals surface area contributed by atoms with Gasteiger partial charge in [-0.05, 0) is 30.0 Å². The van der Waals surface area contributed by atoms with Gasteiger partial charge in [-0.1, -0.05) is 26.3 Å². The van der Waals surface area contributed by atoms with E-state index >= 15 is 0 Å². The van der Waals surface area contributed by atoms with Crippen LogP contribution < -0.4 is 15.2 Å². The Morgan fingerprint density at radius 2 is 1.67 bits per heavy atom. The molecule has 0 aliphatic rings. The second-order valence-corrected chi connectivity index (χ2v) is 7.05. The molecule has 0 aliphatic carbocycles. The van der Waals surface area contributed by atoms with Crippen LogP contribution in [0.5, 0.6) is 11.5 Å². The summed E-state index contributed by atoms with van der Waals surface area (Å²) in [7, 11) is 0. The maximum absolute atomic E-state index is 11.8. The number of aliphatic carboxylic acids is 1. The van der Waals surface area contributed by atoms with Gasteiger partial charge in [-0.15, -0.1) is 0 Å². The molecular formula is C21H29NO8. The van der Waals surface area contributed by atoms with E-state index in [4.69, 9.17) is 19.9 Å². The van der Waals surface area contributed by atoms with Crippen molar-refractivity contribution < 1.29 is 38.5 Å². The number of carboxylic acids is 1. The molecule has 0 spiro atoms. The van der Waals surface area contributed by atoms with Crippen LogP contribution in [-0.4, -0.2) is 41.6 Å². The van der Waals surface area contributed by atoms with Crippen molar-refractivity contribution in [3.8, 4) is 11.5 Å². The molecule has 1 aromatic rings. The number of rotatable bonds is 11. The van der Waals surface area contributed by atoms with Crippen LogP contribution in [-0.2, 0) is 23.9 Å². The first-order chi connectivity index (χ1) is 14.1. The van der Waals surface area contributed by atoms with Crippen LogP contribution in [0.3, 0.4) is 0 Å². The molecule has 9 heteroatoms. The number of hydrogen-bond acceptors (Lipinski definition) is 8. The summed E-state index contributed by atoms with van der Waals surface area (Å²) in [6, 6.07) is 3.03. The van der Waals surface area contributed by atoms with E-state index in [1.54, 1.807) is 6.92 Å². The average molecular weight is 423 g/mol. The molecular weight excluding hydrogens is 394 g/mol. The fraction of sp³-hybridized carbons (Fsp3) is 0.524. The number of hydrogen-bond donors (Lipinski definition) is 2. The second kappa shape index (κ2) is 11.9. The van der Waals surface area contributed by atoms with Gasteiger partial charge >= 0.3 is 23.9 Å². The summed E-state index contributed by atoms with van der Waals surface area (Å²) in [4.78, 5) is 46.1. The van der Waals surface area contributed by atoms with E-state index in [2.05, 4.69) is 0 Å². The predicted molar refractivity (Wildman–Crippen MR) is 107 cm³/mol. The van der Waals surface area contributed by atoms with Crippen molar-refractivity contribution in [2.24, 2.45) is 11.7 Å². The Kier molecular flexibility index (Phi) is 9.97. The molecule has 0 aliphatic heterocycles. The SMILES string of the molecule is CCCCC(=O)OCC(C)C(c1ccc(OC(C)=O)c(OC(C)=O)c1)[C@H](N)C(=O)O. The van der Waals surface area contributed by atoms with Crippen LogP contribution in [0.4, 0.5) is 0 Å². The summed E-state index contributed by atoms with van der Waals surface area (Å²) >= 11 is 0. The third-order valence-electron chi connectivity index (χ3n) is 4.39. The highest BCUT2D eigenvalue weighted by atomic mass is 16.6. The summed E-state index contributed by atoms with van der Waals surface area (Å²) in [5.74, 6) is -4.08. The number of carboxylic acid groups (broad SMARTS) is 1. The summed E-state index contributed by atoms with van der Waals surface area (Å²) in [6.45, 7) is 6.03. The Balaban J connectivity index is 3.20. The van der Waals surface area contributed by atoms with Crippen LogP contribution in [0.15, 0.2) is 18.2 Å².